The van der Waals surface area contributed by atoms with Gasteiger partial charge in [0.05, 0.1) is 18.7 Å². The number of nitrogens with one attached hydrogen (secondary N) is 1. The van der Waals surface area contributed by atoms with Crippen LogP contribution in [0.2, 0.25) is 0 Å². The summed E-state index contributed by atoms with van der Waals surface area (Å²) >= 11 is 0. The second kappa shape index (κ2) is 9.32. The van der Waals surface area contributed by atoms with Gasteiger partial charge in [-0.2, -0.15) is 0 Å². The van der Waals surface area contributed by atoms with Crippen molar-refractivity contribution in [1.82, 2.24) is 9.88 Å². The lowest BCUT2D eigenvalue weighted by Crippen LogP contribution is -2.48. The number of piperazine rings is 1. The molecule has 2 aromatic rings. The van der Waals surface area contributed by atoms with Crippen LogP contribution in [-0.4, -0.2) is 61.1 Å². The van der Waals surface area contributed by atoms with Crippen molar-refractivity contribution in [2.45, 2.75) is 13.8 Å². The first-order valence-corrected chi connectivity index (χ1v) is 9.52. The number of hydrogen-bond donors (Lipinski definition) is 1. The molecular weight excluding hydrogens is 356 g/mol. The highest BCUT2D eigenvalue weighted by molar-refractivity contribution is 5.92. The number of carbonyl (C=O) groups is 2. The highest BCUT2D eigenvalue weighted by atomic mass is 16.5. The molecule has 1 fully saturated rings. The van der Waals surface area contributed by atoms with Crippen LogP contribution < -0.4 is 10.2 Å². The lowest BCUT2D eigenvalue weighted by atomic mass is 10.2. The lowest BCUT2D eigenvalue weighted by Gasteiger charge is -2.35. The number of pyridine rings is 1. The van der Waals surface area contributed by atoms with Gasteiger partial charge in [-0.05, 0) is 43.7 Å². The third-order valence-electron chi connectivity index (χ3n) is 4.62. The van der Waals surface area contributed by atoms with Gasteiger partial charge in [0.25, 0.3) is 0 Å². The molecule has 0 atom stereocenters. The van der Waals surface area contributed by atoms with Crippen LogP contribution in [0.3, 0.4) is 0 Å². The molecular formula is C21H26N4O3. The standard InChI is InChI=1S/C21H26N4O3/c1-3-28-21(27)17-7-8-19(22-14-17)25-11-9-24(10-12-25)15-20(26)23-18-6-4-5-16(2)13-18/h4-8,13-14H,3,9-12,15H2,1-2H3,(H,23,26). The fraction of sp³-hybridized carbons (Fsp3) is 0.381. The van der Waals surface area contributed by atoms with E-state index in [-0.39, 0.29) is 11.9 Å². The van der Waals surface area contributed by atoms with E-state index >= 15 is 0 Å². The molecule has 1 amide bonds. The van der Waals surface area contributed by atoms with Crippen molar-refractivity contribution in [3.63, 3.8) is 0 Å². The van der Waals surface area contributed by atoms with E-state index in [1.807, 2.05) is 37.3 Å². The maximum Gasteiger partial charge on any atom is 0.339 e. The molecule has 2 heterocycles. The molecule has 0 radical (unpaired) electrons. The predicted molar refractivity (Wildman–Crippen MR) is 109 cm³/mol. The van der Waals surface area contributed by atoms with E-state index in [1.165, 1.54) is 0 Å². The van der Waals surface area contributed by atoms with Crippen LogP contribution in [-0.2, 0) is 9.53 Å². The van der Waals surface area contributed by atoms with E-state index in [9.17, 15) is 9.59 Å². The van der Waals surface area contributed by atoms with E-state index in [0.717, 1.165) is 43.2 Å². The predicted octanol–water partition coefficient (Wildman–Crippen LogP) is 2.33. The Morgan fingerprint density at radius 2 is 1.93 bits per heavy atom. The molecule has 7 heteroatoms. The molecule has 148 valence electrons. The fourth-order valence-corrected chi connectivity index (χ4v) is 3.17. The zero-order valence-electron chi connectivity index (χ0n) is 16.4. The monoisotopic (exact) mass is 382 g/mol. The van der Waals surface area contributed by atoms with Crippen molar-refractivity contribution >= 4 is 23.4 Å². The second-order valence-corrected chi connectivity index (χ2v) is 6.81. The van der Waals surface area contributed by atoms with Gasteiger partial charge in [-0.15, -0.1) is 0 Å². The highest BCUT2D eigenvalue weighted by Crippen LogP contribution is 2.15. The fourth-order valence-electron chi connectivity index (χ4n) is 3.17. The first kappa shape index (κ1) is 19.8. The van der Waals surface area contributed by atoms with Gasteiger partial charge in [0.1, 0.15) is 5.82 Å². The van der Waals surface area contributed by atoms with Crippen molar-refractivity contribution in [2.24, 2.45) is 0 Å². The minimum atomic E-state index is -0.356. The third kappa shape index (κ3) is 5.29. The summed E-state index contributed by atoms with van der Waals surface area (Å²) < 4.78 is 4.98. The molecule has 1 aliphatic heterocycles. The van der Waals surface area contributed by atoms with Gasteiger partial charge < -0.3 is 15.0 Å². The Labute approximate surface area is 165 Å². The van der Waals surface area contributed by atoms with E-state index in [0.29, 0.717) is 18.7 Å². The molecule has 0 spiro atoms. The first-order chi connectivity index (χ1) is 13.5. The van der Waals surface area contributed by atoms with Crippen LogP contribution in [0.1, 0.15) is 22.8 Å². The summed E-state index contributed by atoms with van der Waals surface area (Å²) in [6, 6.07) is 11.4. The van der Waals surface area contributed by atoms with Crippen molar-refractivity contribution in [2.75, 3.05) is 49.5 Å². The molecule has 1 saturated heterocycles. The number of aromatic nitrogens is 1. The molecule has 0 aliphatic carbocycles. The lowest BCUT2D eigenvalue weighted by molar-refractivity contribution is -0.117. The number of amides is 1. The van der Waals surface area contributed by atoms with Crippen LogP contribution in [0.4, 0.5) is 11.5 Å². The number of rotatable bonds is 6. The molecule has 7 nitrogen and oxygen atoms in total. The SMILES string of the molecule is CCOC(=O)c1ccc(N2CCN(CC(=O)Nc3cccc(C)c3)CC2)nc1. The summed E-state index contributed by atoms with van der Waals surface area (Å²) in [5, 5.41) is 2.95. The largest absolute Gasteiger partial charge is 0.462 e. The minimum absolute atomic E-state index is 0.00374. The molecule has 0 saturated carbocycles. The number of aryl methyl sites for hydroxylation is 1. The topological polar surface area (TPSA) is 74.8 Å². The molecule has 1 N–H and O–H groups in total. The average Bonchev–Trinajstić information content (AvgIpc) is 2.69. The van der Waals surface area contributed by atoms with E-state index in [4.69, 9.17) is 4.74 Å². The Balaban J connectivity index is 1.47. The smallest absolute Gasteiger partial charge is 0.339 e. The van der Waals surface area contributed by atoms with Gasteiger partial charge in [-0.3, -0.25) is 9.69 Å². The molecule has 1 aromatic carbocycles. The molecule has 1 aliphatic rings. The van der Waals surface area contributed by atoms with Crippen LogP contribution in [0.5, 0.6) is 0 Å². The number of ether oxygens (including phenoxy) is 1. The first-order valence-electron chi connectivity index (χ1n) is 9.52. The molecule has 1 aromatic heterocycles. The van der Waals surface area contributed by atoms with E-state index < -0.39 is 0 Å². The van der Waals surface area contributed by atoms with Gasteiger partial charge >= 0.3 is 5.97 Å². The van der Waals surface area contributed by atoms with Gasteiger partial charge in [0.15, 0.2) is 0 Å². The Kier molecular flexibility index (Phi) is 6.60. The Bertz CT molecular complexity index is 815. The molecule has 0 unspecified atom stereocenters. The minimum Gasteiger partial charge on any atom is -0.462 e. The maximum atomic E-state index is 12.3. The summed E-state index contributed by atoms with van der Waals surface area (Å²) in [6.07, 6.45) is 1.55. The molecule has 3 rings (SSSR count). The Morgan fingerprint density at radius 1 is 1.14 bits per heavy atom. The number of carbonyl (C=O) groups excluding carboxylic acids is 2. The molecule has 0 bridgehead atoms. The van der Waals surface area contributed by atoms with Gasteiger partial charge in [-0.1, -0.05) is 12.1 Å². The molecule has 28 heavy (non-hydrogen) atoms. The summed E-state index contributed by atoms with van der Waals surface area (Å²) in [5.41, 5.74) is 2.40. The number of hydrogen-bond acceptors (Lipinski definition) is 6. The van der Waals surface area contributed by atoms with Gasteiger partial charge in [-0.25, -0.2) is 9.78 Å². The third-order valence-corrected chi connectivity index (χ3v) is 4.62. The summed E-state index contributed by atoms with van der Waals surface area (Å²) in [6.45, 7) is 7.62. The Hall–Kier alpha value is -2.93. The van der Waals surface area contributed by atoms with Crippen LogP contribution >= 0.6 is 0 Å². The van der Waals surface area contributed by atoms with Gasteiger partial charge in [0.2, 0.25) is 5.91 Å². The zero-order chi connectivity index (χ0) is 19.9. The quantitative estimate of drug-likeness (QED) is 0.773. The highest BCUT2D eigenvalue weighted by Gasteiger charge is 2.20. The zero-order valence-corrected chi connectivity index (χ0v) is 16.4. The number of esters is 1. The van der Waals surface area contributed by atoms with Gasteiger partial charge in [0, 0.05) is 38.1 Å². The number of anilines is 2. The van der Waals surface area contributed by atoms with Crippen molar-refractivity contribution < 1.29 is 14.3 Å². The van der Waals surface area contributed by atoms with E-state index in [1.54, 1.807) is 19.2 Å². The maximum absolute atomic E-state index is 12.3. The van der Waals surface area contributed by atoms with Crippen molar-refractivity contribution in [3.05, 3.63) is 53.7 Å². The average molecular weight is 382 g/mol. The van der Waals surface area contributed by atoms with Crippen molar-refractivity contribution in [3.8, 4) is 0 Å². The van der Waals surface area contributed by atoms with Crippen LogP contribution in [0.15, 0.2) is 42.6 Å². The normalized spacial score (nSPS) is 14.6. The number of benzene rings is 1. The summed E-state index contributed by atoms with van der Waals surface area (Å²) in [5.74, 6) is 0.471. The van der Waals surface area contributed by atoms with Crippen LogP contribution in [0, 0.1) is 6.92 Å². The number of nitrogens with zero attached hydrogens (tertiary/aromatic N) is 3. The second-order valence-electron chi connectivity index (χ2n) is 6.81. The summed E-state index contributed by atoms with van der Waals surface area (Å²) in [7, 11) is 0. The summed E-state index contributed by atoms with van der Waals surface area (Å²) in [4.78, 5) is 32.7. The van der Waals surface area contributed by atoms with Crippen molar-refractivity contribution in [1.29, 1.82) is 0 Å². The van der Waals surface area contributed by atoms with E-state index in [2.05, 4.69) is 20.1 Å². The Morgan fingerprint density at radius 3 is 2.57 bits per heavy atom. The van der Waals surface area contributed by atoms with Crippen LogP contribution in [0.25, 0.3) is 0 Å².